The van der Waals surface area contributed by atoms with Gasteiger partial charge in [0, 0.05) is 18.0 Å². The first kappa shape index (κ1) is 16.1. The molecular formula is C17H16ClN5O. The summed E-state index contributed by atoms with van der Waals surface area (Å²) in [7, 11) is 1.86. The van der Waals surface area contributed by atoms with Crippen molar-refractivity contribution in [2.75, 3.05) is 0 Å². The Labute approximate surface area is 143 Å². The Morgan fingerprint density at radius 3 is 2.71 bits per heavy atom. The molecule has 0 unspecified atom stereocenters. The van der Waals surface area contributed by atoms with Crippen molar-refractivity contribution in [1.82, 2.24) is 24.4 Å². The van der Waals surface area contributed by atoms with Gasteiger partial charge in [0.25, 0.3) is 0 Å². The third kappa shape index (κ3) is 2.65. The van der Waals surface area contributed by atoms with E-state index in [1.54, 1.807) is 29.1 Å². The van der Waals surface area contributed by atoms with E-state index in [0.717, 1.165) is 10.9 Å². The largest absolute Gasteiger partial charge is 0.287 e. The minimum atomic E-state index is -0.159. The quantitative estimate of drug-likeness (QED) is 0.523. The first-order chi connectivity index (χ1) is 11.6. The lowest BCUT2D eigenvalue weighted by molar-refractivity contribution is 0.103. The molecule has 7 heteroatoms. The predicted octanol–water partition coefficient (Wildman–Crippen LogP) is 3.53. The van der Waals surface area contributed by atoms with Crippen molar-refractivity contribution in [2.45, 2.75) is 13.8 Å². The summed E-state index contributed by atoms with van der Waals surface area (Å²) in [5, 5.41) is 9.53. The van der Waals surface area contributed by atoms with Crippen LogP contribution >= 0.6 is 11.6 Å². The van der Waals surface area contributed by atoms with Crippen LogP contribution in [0, 0.1) is 0 Å². The van der Waals surface area contributed by atoms with Crippen LogP contribution in [0.5, 0.6) is 0 Å². The van der Waals surface area contributed by atoms with Crippen molar-refractivity contribution in [1.29, 1.82) is 0 Å². The van der Waals surface area contributed by atoms with Gasteiger partial charge in [-0.1, -0.05) is 25.4 Å². The summed E-state index contributed by atoms with van der Waals surface area (Å²) < 4.78 is 3.22. The fourth-order valence-electron chi connectivity index (χ4n) is 2.46. The Bertz CT molecular complexity index is 1030. The maximum atomic E-state index is 12.7. The van der Waals surface area contributed by atoms with Gasteiger partial charge in [0.05, 0.1) is 17.9 Å². The number of hydrogen-bond acceptors (Lipinski definition) is 4. The van der Waals surface area contributed by atoms with Crippen molar-refractivity contribution in [3.05, 3.63) is 59.1 Å². The highest BCUT2D eigenvalue weighted by molar-refractivity contribution is 6.29. The lowest BCUT2D eigenvalue weighted by atomic mass is 10.1. The number of nitrogens with zero attached hydrogens (tertiary/aromatic N) is 5. The molecule has 0 fully saturated rings. The minimum absolute atomic E-state index is 0.159. The third-order valence-corrected chi connectivity index (χ3v) is 3.77. The molecule has 1 aromatic carbocycles. The molecular weight excluding hydrogens is 326 g/mol. The number of ketones is 1. The van der Waals surface area contributed by atoms with Crippen molar-refractivity contribution in [3.63, 3.8) is 0 Å². The average Bonchev–Trinajstić information content (AvgIpc) is 3.19. The van der Waals surface area contributed by atoms with E-state index in [9.17, 15) is 4.79 Å². The van der Waals surface area contributed by atoms with Crippen LogP contribution in [0.2, 0.25) is 5.15 Å². The predicted molar refractivity (Wildman–Crippen MR) is 93.5 cm³/mol. The molecule has 4 aromatic rings. The molecule has 0 aliphatic carbocycles. The maximum absolute atomic E-state index is 12.7. The zero-order valence-corrected chi connectivity index (χ0v) is 14.3. The molecule has 3 aromatic heterocycles. The molecule has 0 saturated carbocycles. The summed E-state index contributed by atoms with van der Waals surface area (Å²) in [5.74, 6) is -0.159. The van der Waals surface area contributed by atoms with Crippen LogP contribution in [0.4, 0.5) is 0 Å². The molecule has 0 N–H and O–H groups in total. The minimum Gasteiger partial charge on any atom is -0.287 e. The Morgan fingerprint density at radius 2 is 1.92 bits per heavy atom. The summed E-state index contributed by atoms with van der Waals surface area (Å²) >= 11 is 5.90. The highest BCUT2D eigenvalue weighted by Gasteiger charge is 2.16. The first-order valence-corrected chi connectivity index (χ1v) is 7.98. The molecule has 24 heavy (non-hydrogen) atoms. The van der Waals surface area contributed by atoms with E-state index in [4.69, 9.17) is 11.6 Å². The molecule has 0 atom stereocenters. The van der Waals surface area contributed by atoms with Gasteiger partial charge < -0.3 is 0 Å². The molecule has 0 amide bonds. The Balaban J connectivity index is 0.000000815. The van der Waals surface area contributed by atoms with Gasteiger partial charge in [0.15, 0.2) is 5.65 Å². The second kappa shape index (κ2) is 6.41. The van der Waals surface area contributed by atoms with E-state index in [-0.39, 0.29) is 5.78 Å². The lowest BCUT2D eigenvalue weighted by Gasteiger charge is -2.02. The number of imidazole rings is 1. The Morgan fingerprint density at radius 1 is 1.12 bits per heavy atom. The van der Waals surface area contributed by atoms with Crippen LogP contribution < -0.4 is 0 Å². The summed E-state index contributed by atoms with van der Waals surface area (Å²) in [6.45, 7) is 4.00. The van der Waals surface area contributed by atoms with Crippen LogP contribution in [-0.2, 0) is 7.05 Å². The van der Waals surface area contributed by atoms with Crippen molar-refractivity contribution in [3.8, 4) is 0 Å². The van der Waals surface area contributed by atoms with Crippen LogP contribution in [0.15, 0.2) is 42.7 Å². The number of benzene rings is 1. The molecule has 0 bridgehead atoms. The second-order valence-electron chi connectivity index (χ2n) is 4.94. The fourth-order valence-corrected chi connectivity index (χ4v) is 2.60. The summed E-state index contributed by atoms with van der Waals surface area (Å²) in [4.78, 5) is 16.9. The second-order valence-corrected chi connectivity index (χ2v) is 5.33. The van der Waals surface area contributed by atoms with E-state index < -0.39 is 0 Å². The van der Waals surface area contributed by atoms with E-state index in [0.29, 0.717) is 22.1 Å². The van der Waals surface area contributed by atoms with Gasteiger partial charge in [-0.2, -0.15) is 10.2 Å². The fraction of sp³-hybridized carbons (Fsp3) is 0.176. The van der Waals surface area contributed by atoms with Crippen LogP contribution in [0.1, 0.15) is 29.9 Å². The van der Waals surface area contributed by atoms with Gasteiger partial charge >= 0.3 is 0 Å². The number of carbonyl (C=O) groups is 1. The SMILES string of the molecule is CC.Cn1ncc2cc(C(=O)c3cnc4ccc(Cl)nn34)ccc21. The van der Waals surface area contributed by atoms with E-state index in [1.807, 2.05) is 33.0 Å². The van der Waals surface area contributed by atoms with Gasteiger partial charge in [-0.3, -0.25) is 9.48 Å². The van der Waals surface area contributed by atoms with Crippen molar-refractivity contribution in [2.24, 2.45) is 7.05 Å². The smallest absolute Gasteiger partial charge is 0.213 e. The summed E-state index contributed by atoms with van der Waals surface area (Å²) in [6, 6.07) is 8.82. The van der Waals surface area contributed by atoms with E-state index in [2.05, 4.69) is 15.2 Å². The van der Waals surface area contributed by atoms with Gasteiger partial charge in [-0.25, -0.2) is 9.50 Å². The van der Waals surface area contributed by atoms with Gasteiger partial charge in [0.2, 0.25) is 5.78 Å². The number of hydrogen-bond donors (Lipinski definition) is 0. The van der Waals surface area contributed by atoms with E-state index in [1.165, 1.54) is 10.7 Å². The molecule has 0 spiro atoms. The average molecular weight is 342 g/mol. The number of fused-ring (bicyclic) bond motifs is 2. The van der Waals surface area contributed by atoms with Crippen molar-refractivity contribution >= 4 is 33.9 Å². The molecule has 0 aliphatic rings. The normalized spacial score (nSPS) is 10.7. The number of aryl methyl sites for hydroxylation is 1. The topological polar surface area (TPSA) is 65.1 Å². The molecule has 6 nitrogen and oxygen atoms in total. The highest BCUT2D eigenvalue weighted by Crippen LogP contribution is 2.18. The number of aromatic nitrogens is 5. The van der Waals surface area contributed by atoms with Gasteiger partial charge in [-0.15, -0.1) is 0 Å². The van der Waals surface area contributed by atoms with Gasteiger partial charge in [0.1, 0.15) is 10.8 Å². The molecule has 122 valence electrons. The zero-order chi connectivity index (χ0) is 17.3. The monoisotopic (exact) mass is 341 g/mol. The standard InChI is InChI=1S/C15H10ClN5O.C2H6/c1-20-11-3-2-9(6-10(11)7-18-20)15(22)12-8-17-14-5-4-13(16)19-21(12)14;1-2/h2-8H,1H3;1-2H3. The Kier molecular flexibility index (Phi) is 4.31. The number of carbonyl (C=O) groups excluding carboxylic acids is 1. The zero-order valence-electron chi connectivity index (χ0n) is 13.6. The first-order valence-electron chi connectivity index (χ1n) is 7.60. The molecule has 0 saturated heterocycles. The highest BCUT2D eigenvalue weighted by atomic mass is 35.5. The molecule has 3 heterocycles. The lowest BCUT2D eigenvalue weighted by Crippen LogP contribution is -2.07. The molecule has 4 rings (SSSR count). The van der Waals surface area contributed by atoms with Crippen LogP contribution in [-0.4, -0.2) is 30.2 Å². The van der Waals surface area contributed by atoms with Crippen LogP contribution in [0.3, 0.4) is 0 Å². The molecule has 0 radical (unpaired) electrons. The number of halogens is 1. The summed E-state index contributed by atoms with van der Waals surface area (Å²) in [6.07, 6.45) is 3.24. The van der Waals surface area contributed by atoms with Crippen LogP contribution in [0.25, 0.3) is 16.6 Å². The summed E-state index contributed by atoms with van der Waals surface area (Å²) in [5.41, 5.74) is 2.48. The Hall–Kier alpha value is -2.73. The maximum Gasteiger partial charge on any atom is 0.213 e. The third-order valence-electron chi connectivity index (χ3n) is 3.57. The number of rotatable bonds is 2. The van der Waals surface area contributed by atoms with Gasteiger partial charge in [-0.05, 0) is 30.3 Å². The van der Waals surface area contributed by atoms with Crippen molar-refractivity contribution < 1.29 is 4.79 Å². The van der Waals surface area contributed by atoms with E-state index >= 15 is 0 Å². The molecule has 0 aliphatic heterocycles.